The molecular weight excluding hydrogens is 242 g/mol. The molecule has 0 radical (unpaired) electrons. The summed E-state index contributed by atoms with van der Waals surface area (Å²) in [5.41, 5.74) is 3.53. The largest absolute Gasteiger partial charge is 0.361 e. The summed E-state index contributed by atoms with van der Waals surface area (Å²) in [6.07, 6.45) is 4.21. The minimum Gasteiger partial charge on any atom is -0.361 e. The number of nitrogens with zero attached hydrogens (tertiary/aromatic N) is 1. The van der Waals surface area contributed by atoms with Gasteiger partial charge in [-0.15, -0.1) is 0 Å². The lowest BCUT2D eigenvalue weighted by molar-refractivity contribution is 0.510. The van der Waals surface area contributed by atoms with Crippen LogP contribution in [0.3, 0.4) is 0 Å². The number of aromatic amines is 1. The lowest BCUT2D eigenvalue weighted by Gasteiger charge is -2.11. The van der Waals surface area contributed by atoms with Crippen LogP contribution in [-0.2, 0) is 0 Å². The van der Waals surface area contributed by atoms with Crippen LogP contribution in [-0.4, -0.2) is 28.1 Å². The number of thiocarbonyl (C=S) groups is 1. The molecule has 2 aromatic rings. The SMILES string of the molecule is CCN1C/C(=C/c2c[nH]c3ccccc23)NC1=S. The Morgan fingerprint density at radius 3 is 3.00 bits per heavy atom. The standard InChI is InChI=1S/C14H15N3S/c1-2-17-9-11(16-14(17)18)7-10-8-15-13-6-4-3-5-12(10)13/h3-8,15H,2,9H2,1H3,(H,16,18)/b11-7-. The van der Waals surface area contributed by atoms with Crippen LogP contribution < -0.4 is 5.32 Å². The molecule has 1 fully saturated rings. The minimum absolute atomic E-state index is 0.823. The summed E-state index contributed by atoms with van der Waals surface area (Å²) >= 11 is 5.27. The summed E-state index contributed by atoms with van der Waals surface area (Å²) < 4.78 is 0. The number of likely N-dealkylation sites (N-methyl/N-ethyl adjacent to an activating group) is 1. The molecule has 0 saturated carbocycles. The Morgan fingerprint density at radius 2 is 2.22 bits per heavy atom. The second-order valence-electron chi connectivity index (χ2n) is 4.40. The number of hydrogen-bond donors (Lipinski definition) is 2. The normalized spacial score (nSPS) is 17.7. The number of benzene rings is 1. The third kappa shape index (κ3) is 1.88. The second-order valence-corrected chi connectivity index (χ2v) is 4.79. The van der Waals surface area contributed by atoms with Gasteiger partial charge in [-0.3, -0.25) is 0 Å². The molecule has 4 heteroatoms. The van der Waals surface area contributed by atoms with Gasteiger partial charge in [-0.25, -0.2) is 0 Å². The predicted octanol–water partition coefficient (Wildman–Crippen LogP) is 2.72. The van der Waals surface area contributed by atoms with Crippen molar-refractivity contribution in [3.8, 4) is 0 Å². The average molecular weight is 257 g/mol. The summed E-state index contributed by atoms with van der Waals surface area (Å²) in [5.74, 6) is 0. The first-order valence-corrected chi connectivity index (χ1v) is 6.51. The molecule has 92 valence electrons. The number of H-pyrrole nitrogens is 1. The number of nitrogens with one attached hydrogen (secondary N) is 2. The quantitative estimate of drug-likeness (QED) is 0.811. The molecule has 1 aliphatic heterocycles. The second kappa shape index (κ2) is 4.46. The monoisotopic (exact) mass is 257 g/mol. The van der Waals surface area contributed by atoms with Gasteiger partial charge in [0.15, 0.2) is 5.11 Å². The van der Waals surface area contributed by atoms with Gasteiger partial charge < -0.3 is 15.2 Å². The zero-order valence-electron chi connectivity index (χ0n) is 10.2. The van der Waals surface area contributed by atoms with Crippen molar-refractivity contribution in [2.75, 3.05) is 13.1 Å². The van der Waals surface area contributed by atoms with E-state index in [0.717, 1.165) is 29.4 Å². The molecule has 1 saturated heterocycles. The molecule has 0 amide bonds. The molecule has 3 nitrogen and oxygen atoms in total. The fraction of sp³-hybridized carbons (Fsp3) is 0.214. The molecule has 0 bridgehead atoms. The van der Waals surface area contributed by atoms with E-state index >= 15 is 0 Å². The highest BCUT2D eigenvalue weighted by Crippen LogP contribution is 2.21. The van der Waals surface area contributed by atoms with Crippen LogP contribution in [0, 0.1) is 0 Å². The topological polar surface area (TPSA) is 31.1 Å². The van der Waals surface area contributed by atoms with Crippen molar-refractivity contribution in [3.05, 3.63) is 41.7 Å². The molecule has 0 atom stereocenters. The van der Waals surface area contributed by atoms with Gasteiger partial charge >= 0.3 is 0 Å². The fourth-order valence-electron chi connectivity index (χ4n) is 2.27. The summed E-state index contributed by atoms with van der Waals surface area (Å²) in [6.45, 7) is 3.93. The first-order chi connectivity index (χ1) is 8.78. The lowest BCUT2D eigenvalue weighted by Crippen LogP contribution is -2.27. The Hall–Kier alpha value is -1.81. The highest BCUT2D eigenvalue weighted by atomic mass is 32.1. The van der Waals surface area contributed by atoms with E-state index in [2.05, 4.69) is 46.4 Å². The van der Waals surface area contributed by atoms with E-state index in [9.17, 15) is 0 Å². The molecule has 2 heterocycles. The van der Waals surface area contributed by atoms with Crippen LogP contribution in [0.5, 0.6) is 0 Å². The number of fused-ring (bicyclic) bond motifs is 1. The summed E-state index contributed by atoms with van der Waals surface area (Å²) in [5, 5.41) is 5.33. The number of para-hydroxylation sites is 1. The van der Waals surface area contributed by atoms with Gasteiger partial charge in [0.1, 0.15) is 0 Å². The lowest BCUT2D eigenvalue weighted by atomic mass is 10.1. The van der Waals surface area contributed by atoms with Gasteiger partial charge in [-0.1, -0.05) is 18.2 Å². The van der Waals surface area contributed by atoms with E-state index in [4.69, 9.17) is 12.2 Å². The first-order valence-electron chi connectivity index (χ1n) is 6.10. The van der Waals surface area contributed by atoms with Crippen molar-refractivity contribution in [2.24, 2.45) is 0 Å². The maximum Gasteiger partial charge on any atom is 0.173 e. The molecule has 0 aliphatic carbocycles. The third-order valence-electron chi connectivity index (χ3n) is 3.25. The Labute approximate surface area is 111 Å². The molecule has 0 unspecified atom stereocenters. The molecule has 1 aromatic carbocycles. The van der Waals surface area contributed by atoms with Gasteiger partial charge in [0.2, 0.25) is 0 Å². The number of aromatic nitrogens is 1. The Balaban J connectivity index is 1.95. The Bertz CT molecular complexity index is 627. The highest BCUT2D eigenvalue weighted by molar-refractivity contribution is 7.80. The Kier molecular flexibility index (Phi) is 2.80. The molecule has 0 spiro atoms. The van der Waals surface area contributed by atoms with Gasteiger partial charge in [0.05, 0.1) is 6.54 Å². The van der Waals surface area contributed by atoms with Crippen LogP contribution in [0.1, 0.15) is 12.5 Å². The van der Waals surface area contributed by atoms with Crippen molar-refractivity contribution in [1.82, 2.24) is 15.2 Å². The average Bonchev–Trinajstić information content (AvgIpc) is 2.94. The molecule has 2 N–H and O–H groups in total. The molecule has 18 heavy (non-hydrogen) atoms. The van der Waals surface area contributed by atoms with Crippen molar-refractivity contribution in [1.29, 1.82) is 0 Å². The first kappa shape index (κ1) is 11.3. The van der Waals surface area contributed by atoms with Crippen molar-refractivity contribution in [2.45, 2.75) is 6.92 Å². The van der Waals surface area contributed by atoms with Crippen LogP contribution in [0.25, 0.3) is 17.0 Å². The van der Waals surface area contributed by atoms with Gasteiger partial charge in [-0.05, 0) is 31.3 Å². The molecule has 3 rings (SSSR count). The molecule has 1 aromatic heterocycles. The van der Waals surface area contributed by atoms with E-state index in [1.54, 1.807) is 0 Å². The van der Waals surface area contributed by atoms with E-state index < -0.39 is 0 Å². The van der Waals surface area contributed by atoms with Gasteiger partial charge in [0, 0.05) is 34.9 Å². The third-order valence-corrected chi connectivity index (χ3v) is 3.61. The summed E-state index contributed by atoms with van der Waals surface area (Å²) in [7, 11) is 0. The zero-order valence-corrected chi connectivity index (χ0v) is 11.1. The highest BCUT2D eigenvalue weighted by Gasteiger charge is 2.18. The molecule has 1 aliphatic rings. The van der Waals surface area contributed by atoms with Crippen LogP contribution >= 0.6 is 12.2 Å². The van der Waals surface area contributed by atoms with Gasteiger partial charge in [-0.2, -0.15) is 0 Å². The van der Waals surface area contributed by atoms with Crippen molar-refractivity contribution in [3.63, 3.8) is 0 Å². The fourth-order valence-corrected chi connectivity index (χ4v) is 2.60. The molecular formula is C14H15N3S. The van der Waals surface area contributed by atoms with Crippen molar-refractivity contribution < 1.29 is 0 Å². The number of hydrogen-bond acceptors (Lipinski definition) is 1. The van der Waals surface area contributed by atoms with Crippen LogP contribution in [0.4, 0.5) is 0 Å². The summed E-state index contributed by atoms with van der Waals surface area (Å²) in [6, 6.07) is 8.31. The van der Waals surface area contributed by atoms with Crippen molar-refractivity contribution >= 4 is 34.3 Å². The zero-order chi connectivity index (χ0) is 12.5. The Morgan fingerprint density at radius 1 is 1.39 bits per heavy atom. The smallest absolute Gasteiger partial charge is 0.173 e. The minimum atomic E-state index is 0.823. The summed E-state index contributed by atoms with van der Waals surface area (Å²) in [4.78, 5) is 5.43. The van der Waals surface area contributed by atoms with E-state index in [1.807, 2.05) is 12.3 Å². The van der Waals surface area contributed by atoms with Crippen LogP contribution in [0.15, 0.2) is 36.2 Å². The maximum absolute atomic E-state index is 5.27. The van der Waals surface area contributed by atoms with E-state index in [-0.39, 0.29) is 0 Å². The number of rotatable bonds is 2. The maximum atomic E-state index is 5.27. The predicted molar refractivity (Wildman–Crippen MR) is 79.3 cm³/mol. The van der Waals surface area contributed by atoms with Gasteiger partial charge in [0.25, 0.3) is 0 Å². The van der Waals surface area contributed by atoms with E-state index in [0.29, 0.717) is 0 Å². The van der Waals surface area contributed by atoms with E-state index in [1.165, 1.54) is 10.9 Å². The van der Waals surface area contributed by atoms with Crippen LogP contribution in [0.2, 0.25) is 0 Å².